The number of nitrogens with zero attached hydrogens (tertiary/aromatic N) is 1. The Kier molecular flexibility index (Phi) is 4.15. The van der Waals surface area contributed by atoms with Crippen molar-refractivity contribution in [3.8, 4) is 0 Å². The molecule has 3 N–H and O–H groups in total. The lowest BCUT2D eigenvalue weighted by Gasteiger charge is -2.24. The number of aromatic nitrogens is 1. The molecule has 98 valence electrons. The first kappa shape index (κ1) is 12.8. The second kappa shape index (κ2) is 5.82. The topological polar surface area (TPSA) is 74.2 Å². The maximum atomic E-state index is 11.0. The number of rotatable bonds is 4. The summed E-state index contributed by atoms with van der Waals surface area (Å²) in [5.41, 5.74) is 1.12. The molecule has 1 aliphatic heterocycles. The van der Waals surface area contributed by atoms with Gasteiger partial charge in [0.15, 0.2) is 0 Å². The Labute approximate surface area is 107 Å². The molecule has 1 aliphatic rings. The van der Waals surface area contributed by atoms with Crippen LogP contribution in [0.3, 0.4) is 0 Å². The molecule has 1 aromatic rings. The molecule has 0 radical (unpaired) electrons. The van der Waals surface area contributed by atoms with Gasteiger partial charge in [-0.15, -0.1) is 0 Å². The van der Waals surface area contributed by atoms with E-state index in [-0.39, 0.29) is 0 Å². The maximum Gasteiger partial charge on any atom is 0.335 e. The van der Waals surface area contributed by atoms with Crippen LogP contribution >= 0.6 is 0 Å². The lowest BCUT2D eigenvalue weighted by Crippen LogP contribution is -2.35. The summed E-state index contributed by atoms with van der Waals surface area (Å²) in [7, 11) is 0. The molecule has 18 heavy (non-hydrogen) atoms. The first-order valence-corrected chi connectivity index (χ1v) is 6.40. The van der Waals surface area contributed by atoms with Gasteiger partial charge in [0, 0.05) is 11.7 Å². The Hall–Kier alpha value is -1.62. The van der Waals surface area contributed by atoms with E-state index < -0.39 is 5.97 Å². The van der Waals surface area contributed by atoms with Gasteiger partial charge in [-0.05, 0) is 44.5 Å². The highest BCUT2D eigenvalue weighted by molar-refractivity contribution is 5.88. The Morgan fingerprint density at radius 3 is 2.83 bits per heavy atom. The van der Waals surface area contributed by atoms with Crippen molar-refractivity contribution in [1.82, 2.24) is 10.3 Å². The SMILES string of the molecule is CCc1cc(C(=O)O)cc(NC2CCNCC2)n1. The molecular formula is C13H19N3O2. The summed E-state index contributed by atoms with van der Waals surface area (Å²) in [4.78, 5) is 15.5. The highest BCUT2D eigenvalue weighted by Gasteiger charge is 2.14. The van der Waals surface area contributed by atoms with Crippen molar-refractivity contribution in [2.45, 2.75) is 32.2 Å². The van der Waals surface area contributed by atoms with Crippen LogP contribution in [-0.2, 0) is 6.42 Å². The number of aryl methyl sites for hydroxylation is 1. The smallest absolute Gasteiger partial charge is 0.335 e. The monoisotopic (exact) mass is 249 g/mol. The van der Waals surface area contributed by atoms with Gasteiger partial charge in [0.1, 0.15) is 5.82 Å². The summed E-state index contributed by atoms with van der Waals surface area (Å²) in [6.07, 6.45) is 2.82. The Morgan fingerprint density at radius 2 is 2.22 bits per heavy atom. The zero-order chi connectivity index (χ0) is 13.0. The van der Waals surface area contributed by atoms with Gasteiger partial charge in [0.25, 0.3) is 0 Å². The van der Waals surface area contributed by atoms with Crippen molar-refractivity contribution >= 4 is 11.8 Å². The number of piperidine rings is 1. The molecule has 5 nitrogen and oxygen atoms in total. The summed E-state index contributed by atoms with van der Waals surface area (Å²) in [6, 6.07) is 3.63. The number of anilines is 1. The molecule has 2 rings (SSSR count). The van der Waals surface area contributed by atoms with E-state index in [1.807, 2.05) is 6.92 Å². The van der Waals surface area contributed by atoms with Crippen molar-refractivity contribution < 1.29 is 9.90 Å². The van der Waals surface area contributed by atoms with Crippen molar-refractivity contribution in [1.29, 1.82) is 0 Å². The van der Waals surface area contributed by atoms with Crippen LogP contribution in [0.25, 0.3) is 0 Å². The van der Waals surface area contributed by atoms with Gasteiger partial charge in [-0.1, -0.05) is 6.92 Å². The first-order chi connectivity index (χ1) is 8.69. The summed E-state index contributed by atoms with van der Waals surface area (Å²) < 4.78 is 0. The van der Waals surface area contributed by atoms with E-state index in [1.165, 1.54) is 0 Å². The van der Waals surface area contributed by atoms with E-state index in [1.54, 1.807) is 12.1 Å². The van der Waals surface area contributed by atoms with Crippen LogP contribution in [0.5, 0.6) is 0 Å². The van der Waals surface area contributed by atoms with Crippen molar-refractivity contribution in [2.24, 2.45) is 0 Å². The van der Waals surface area contributed by atoms with Crippen LogP contribution in [0.2, 0.25) is 0 Å². The molecule has 0 unspecified atom stereocenters. The first-order valence-electron chi connectivity index (χ1n) is 6.40. The third-order valence-electron chi connectivity index (χ3n) is 3.18. The standard InChI is InChI=1S/C13H19N3O2/c1-2-10-7-9(13(17)18)8-12(15-10)16-11-3-5-14-6-4-11/h7-8,11,14H,2-6H2,1H3,(H,15,16)(H,17,18). The Bertz CT molecular complexity index is 428. The molecule has 0 aliphatic carbocycles. The van der Waals surface area contributed by atoms with Gasteiger partial charge >= 0.3 is 5.97 Å². The quantitative estimate of drug-likeness (QED) is 0.754. The van der Waals surface area contributed by atoms with E-state index in [9.17, 15) is 4.79 Å². The Morgan fingerprint density at radius 1 is 1.50 bits per heavy atom. The zero-order valence-electron chi connectivity index (χ0n) is 10.6. The molecule has 0 atom stereocenters. The molecule has 0 spiro atoms. The predicted octanol–water partition coefficient (Wildman–Crippen LogP) is 1.51. The van der Waals surface area contributed by atoms with Gasteiger partial charge in [-0.3, -0.25) is 0 Å². The Balaban J connectivity index is 2.15. The molecule has 1 saturated heterocycles. The molecule has 1 aromatic heterocycles. The molecule has 0 bridgehead atoms. The van der Waals surface area contributed by atoms with Crippen LogP contribution in [0.1, 0.15) is 35.8 Å². The fourth-order valence-electron chi connectivity index (χ4n) is 2.14. The lowest BCUT2D eigenvalue weighted by molar-refractivity contribution is 0.0696. The van der Waals surface area contributed by atoms with Gasteiger partial charge in [0.05, 0.1) is 5.56 Å². The van der Waals surface area contributed by atoms with Gasteiger partial charge in [0.2, 0.25) is 0 Å². The normalized spacial score (nSPS) is 16.5. The van der Waals surface area contributed by atoms with Gasteiger partial charge < -0.3 is 15.7 Å². The number of hydrogen-bond acceptors (Lipinski definition) is 4. The highest BCUT2D eigenvalue weighted by atomic mass is 16.4. The summed E-state index contributed by atoms with van der Waals surface area (Å²) >= 11 is 0. The number of carbonyl (C=O) groups is 1. The van der Waals surface area contributed by atoms with E-state index in [4.69, 9.17) is 5.11 Å². The van der Waals surface area contributed by atoms with Gasteiger partial charge in [-0.2, -0.15) is 0 Å². The van der Waals surface area contributed by atoms with E-state index in [0.717, 1.165) is 38.0 Å². The van der Waals surface area contributed by atoms with E-state index in [0.29, 0.717) is 17.4 Å². The number of pyridine rings is 1. The molecule has 0 aromatic carbocycles. The zero-order valence-corrected chi connectivity index (χ0v) is 10.6. The summed E-state index contributed by atoms with van der Waals surface area (Å²) in [6.45, 7) is 3.97. The van der Waals surface area contributed by atoms with E-state index >= 15 is 0 Å². The van der Waals surface area contributed by atoms with Gasteiger partial charge in [-0.25, -0.2) is 9.78 Å². The van der Waals surface area contributed by atoms with Crippen molar-refractivity contribution in [2.75, 3.05) is 18.4 Å². The third-order valence-corrected chi connectivity index (χ3v) is 3.18. The highest BCUT2D eigenvalue weighted by Crippen LogP contribution is 2.15. The van der Waals surface area contributed by atoms with Crippen molar-refractivity contribution in [3.05, 3.63) is 23.4 Å². The van der Waals surface area contributed by atoms with Crippen LogP contribution in [0, 0.1) is 0 Å². The minimum atomic E-state index is -0.902. The maximum absolute atomic E-state index is 11.0. The molecule has 1 fully saturated rings. The second-order valence-corrected chi connectivity index (χ2v) is 4.56. The number of aromatic carboxylic acids is 1. The average Bonchev–Trinajstić information content (AvgIpc) is 2.39. The van der Waals surface area contributed by atoms with Crippen LogP contribution in [-0.4, -0.2) is 35.2 Å². The van der Waals surface area contributed by atoms with Crippen molar-refractivity contribution in [3.63, 3.8) is 0 Å². The largest absolute Gasteiger partial charge is 0.478 e. The minimum absolute atomic E-state index is 0.304. The van der Waals surface area contributed by atoms with E-state index in [2.05, 4.69) is 15.6 Å². The fourth-order valence-corrected chi connectivity index (χ4v) is 2.14. The molecule has 0 amide bonds. The molecule has 0 saturated carbocycles. The molecule has 5 heteroatoms. The molecular weight excluding hydrogens is 230 g/mol. The predicted molar refractivity (Wildman–Crippen MR) is 70.1 cm³/mol. The lowest BCUT2D eigenvalue weighted by atomic mass is 10.1. The number of nitrogens with one attached hydrogen (secondary N) is 2. The number of carboxylic acids is 1. The van der Waals surface area contributed by atoms with Crippen LogP contribution < -0.4 is 10.6 Å². The fraction of sp³-hybridized carbons (Fsp3) is 0.538. The minimum Gasteiger partial charge on any atom is -0.478 e. The van der Waals surface area contributed by atoms with Crippen LogP contribution in [0.4, 0.5) is 5.82 Å². The third kappa shape index (κ3) is 3.20. The number of carboxylic acid groups (broad SMARTS) is 1. The van der Waals surface area contributed by atoms with Crippen LogP contribution in [0.15, 0.2) is 12.1 Å². The summed E-state index contributed by atoms with van der Waals surface area (Å²) in [5.74, 6) is -0.223. The average molecular weight is 249 g/mol. The number of hydrogen-bond donors (Lipinski definition) is 3. The molecule has 2 heterocycles. The summed E-state index contributed by atoms with van der Waals surface area (Å²) in [5, 5.41) is 15.7. The second-order valence-electron chi connectivity index (χ2n) is 4.56.